The largest absolute Gasteiger partial charge is 0.442 e. The molecular weight excluding hydrogens is 224 g/mol. The normalized spacial score (nSPS) is 13.1. The Labute approximate surface area is 91.6 Å². The average molecular weight is 245 g/mol. The van der Waals surface area contributed by atoms with E-state index in [0.717, 1.165) is 0 Å². The summed E-state index contributed by atoms with van der Waals surface area (Å²) in [7, 11) is -4.56. The van der Waals surface area contributed by atoms with Crippen molar-refractivity contribution in [2.24, 2.45) is 0 Å². The minimum absolute atomic E-state index is 0.426. The van der Waals surface area contributed by atoms with Crippen LogP contribution in [0.2, 0.25) is 19.6 Å². The predicted octanol–water partition coefficient (Wildman–Crippen LogP) is 1.97. The van der Waals surface area contributed by atoms with Crippen LogP contribution < -0.4 is 0 Å². The molecule has 0 radical (unpaired) electrons. The van der Waals surface area contributed by atoms with Gasteiger partial charge in [0.15, 0.2) is 0 Å². The van der Waals surface area contributed by atoms with Gasteiger partial charge >= 0.3 is 8.56 Å². The van der Waals surface area contributed by atoms with Gasteiger partial charge in [0.25, 0.3) is 8.32 Å². The van der Waals surface area contributed by atoms with Crippen LogP contribution in [-0.2, 0) is 8.23 Å². The predicted molar refractivity (Wildman–Crippen MR) is 70.4 cm³/mol. The molecule has 80 valence electrons. The van der Waals surface area contributed by atoms with E-state index in [9.17, 15) is 0 Å². The van der Waals surface area contributed by atoms with Crippen LogP contribution in [0.3, 0.4) is 0 Å². The lowest BCUT2D eigenvalue weighted by atomic mass is 11.2. The van der Waals surface area contributed by atoms with E-state index in [0.29, 0.717) is 0 Å². The molecule has 0 aromatic rings. The molecule has 0 aromatic carbocycles. The van der Waals surface area contributed by atoms with Crippen molar-refractivity contribution < 1.29 is 8.23 Å². The summed E-state index contributed by atoms with van der Waals surface area (Å²) < 4.78 is 11.8. The van der Waals surface area contributed by atoms with Crippen LogP contribution in [0.1, 0.15) is 0 Å². The molecule has 0 saturated heterocycles. The number of rotatable bonds is 7. The van der Waals surface area contributed by atoms with Crippen LogP contribution in [0.5, 0.6) is 0 Å². The average Bonchev–Trinajstić information content (AvgIpc) is 2.14. The van der Waals surface area contributed by atoms with E-state index >= 15 is 0 Å². The van der Waals surface area contributed by atoms with E-state index in [-0.39, 0.29) is 0 Å². The first-order valence-corrected chi connectivity index (χ1v) is 11.6. The van der Waals surface area contributed by atoms with E-state index in [1.54, 1.807) is 0 Å². The molecule has 14 heavy (non-hydrogen) atoms. The van der Waals surface area contributed by atoms with Gasteiger partial charge in [-0.1, -0.05) is 23.6 Å². The molecule has 0 aromatic heterocycles. The Kier molecular flexibility index (Phi) is 5.53. The zero-order chi connectivity index (χ0) is 11.2. The van der Waals surface area contributed by atoms with Crippen molar-refractivity contribution in [3.8, 4) is 0 Å². The van der Waals surface area contributed by atoms with Gasteiger partial charge in [0.1, 0.15) is 9.76 Å². The molecule has 0 aliphatic heterocycles. The van der Waals surface area contributed by atoms with Crippen LogP contribution >= 0.6 is 0 Å². The van der Waals surface area contributed by atoms with Gasteiger partial charge in [-0.05, 0) is 13.1 Å². The van der Waals surface area contributed by atoms with Gasteiger partial charge in [-0.3, -0.25) is 0 Å². The topological polar surface area (TPSA) is 18.5 Å². The van der Waals surface area contributed by atoms with E-state index in [1.807, 2.05) is 17.1 Å². The summed E-state index contributed by atoms with van der Waals surface area (Å²) in [4.78, 5) is 0. The molecule has 0 aliphatic carbocycles. The second-order valence-electron chi connectivity index (χ2n) is 3.40. The second-order valence-corrected chi connectivity index (χ2v) is 11.7. The molecule has 5 heteroatoms. The van der Waals surface area contributed by atoms with Crippen LogP contribution in [0.15, 0.2) is 36.8 Å². The van der Waals surface area contributed by atoms with Crippen molar-refractivity contribution in [3.63, 3.8) is 0 Å². The van der Waals surface area contributed by atoms with Crippen molar-refractivity contribution in [3.05, 3.63) is 36.8 Å². The van der Waals surface area contributed by atoms with Gasteiger partial charge < -0.3 is 8.23 Å². The van der Waals surface area contributed by atoms with Crippen LogP contribution in [-0.4, -0.2) is 26.6 Å². The molecular formula is C9H20O2Si3. The zero-order valence-corrected chi connectivity index (χ0v) is 12.8. The van der Waals surface area contributed by atoms with Crippen molar-refractivity contribution in [2.75, 3.05) is 0 Å². The lowest BCUT2D eigenvalue weighted by molar-refractivity contribution is 0.419. The maximum Gasteiger partial charge on any atom is 0.311 e. The fourth-order valence-electron chi connectivity index (χ4n) is 1.18. The van der Waals surface area contributed by atoms with Crippen LogP contribution in [0.25, 0.3) is 0 Å². The molecule has 0 amide bonds. The molecule has 0 heterocycles. The van der Waals surface area contributed by atoms with E-state index in [4.69, 9.17) is 8.23 Å². The van der Waals surface area contributed by atoms with Gasteiger partial charge in [0.05, 0.1) is 0 Å². The molecule has 0 fully saturated rings. The molecule has 0 spiro atoms. The van der Waals surface area contributed by atoms with Gasteiger partial charge in [-0.25, -0.2) is 0 Å². The number of hydrogen-bond acceptors (Lipinski definition) is 2. The third-order valence-electron chi connectivity index (χ3n) is 1.87. The standard InChI is InChI=1S/C9H20O2Si3/c1-7-14(8-2,9-3)11-13(5,6)10-12-4/h7-9H,1-3,12H2,4-6H3. The fraction of sp³-hybridized carbons (Fsp3) is 0.333. The maximum absolute atomic E-state index is 6.05. The van der Waals surface area contributed by atoms with Gasteiger partial charge in [0.2, 0.25) is 0 Å². The van der Waals surface area contributed by atoms with E-state index < -0.39 is 26.6 Å². The summed E-state index contributed by atoms with van der Waals surface area (Å²) in [5.74, 6) is 0. The highest BCUT2D eigenvalue weighted by Crippen LogP contribution is 2.17. The quantitative estimate of drug-likeness (QED) is 0.638. The summed E-state index contributed by atoms with van der Waals surface area (Å²) in [5, 5.41) is 0. The summed E-state index contributed by atoms with van der Waals surface area (Å²) in [6.45, 7) is 17.6. The SMILES string of the molecule is C=C[Si](C=C)(C=C)O[Si](C)(C)O[SiH2]C. The first kappa shape index (κ1) is 13.8. The van der Waals surface area contributed by atoms with Gasteiger partial charge in [-0.2, -0.15) is 0 Å². The first-order chi connectivity index (χ1) is 6.45. The molecule has 0 bridgehead atoms. The molecule has 2 nitrogen and oxygen atoms in total. The Morgan fingerprint density at radius 3 is 1.79 bits per heavy atom. The second kappa shape index (κ2) is 5.62. The van der Waals surface area contributed by atoms with Crippen molar-refractivity contribution in [1.82, 2.24) is 0 Å². The Hall–Kier alpha value is -0.209. The fourth-order valence-corrected chi connectivity index (χ4v) is 9.63. The Morgan fingerprint density at radius 1 is 1.07 bits per heavy atom. The Balaban J connectivity index is 4.66. The lowest BCUT2D eigenvalue weighted by Crippen LogP contribution is -2.47. The Morgan fingerprint density at radius 2 is 1.50 bits per heavy atom. The van der Waals surface area contributed by atoms with E-state index in [2.05, 4.69) is 39.4 Å². The molecule has 0 N–H and O–H groups in total. The smallest absolute Gasteiger partial charge is 0.311 e. The number of hydrogen-bond donors (Lipinski definition) is 0. The minimum Gasteiger partial charge on any atom is -0.442 e. The highest BCUT2D eigenvalue weighted by molar-refractivity contribution is 6.94. The van der Waals surface area contributed by atoms with Crippen LogP contribution in [0.4, 0.5) is 0 Å². The lowest BCUT2D eigenvalue weighted by Gasteiger charge is -2.31. The molecule has 0 saturated carbocycles. The first-order valence-electron chi connectivity index (χ1n) is 4.70. The third kappa shape index (κ3) is 3.89. The molecule has 0 rings (SSSR count). The van der Waals surface area contributed by atoms with Crippen molar-refractivity contribution in [2.45, 2.75) is 19.6 Å². The Bertz CT molecular complexity index is 204. The van der Waals surface area contributed by atoms with Gasteiger partial charge in [-0.15, -0.1) is 19.7 Å². The van der Waals surface area contributed by atoms with Crippen molar-refractivity contribution in [1.29, 1.82) is 0 Å². The third-order valence-corrected chi connectivity index (χ3v) is 11.1. The van der Waals surface area contributed by atoms with Crippen molar-refractivity contribution >= 4 is 26.6 Å². The van der Waals surface area contributed by atoms with Gasteiger partial charge in [0, 0.05) is 0 Å². The highest BCUT2D eigenvalue weighted by Gasteiger charge is 2.34. The summed E-state index contributed by atoms with van der Waals surface area (Å²) in [6.07, 6.45) is 0. The molecule has 0 atom stereocenters. The van der Waals surface area contributed by atoms with Crippen LogP contribution in [0, 0.1) is 0 Å². The summed E-state index contributed by atoms with van der Waals surface area (Å²) in [5.41, 5.74) is 5.51. The molecule has 0 unspecified atom stereocenters. The highest BCUT2D eigenvalue weighted by atomic mass is 28.5. The van der Waals surface area contributed by atoms with E-state index in [1.165, 1.54) is 0 Å². The monoisotopic (exact) mass is 244 g/mol. The molecule has 0 aliphatic rings. The summed E-state index contributed by atoms with van der Waals surface area (Å²) >= 11 is 0. The summed E-state index contributed by atoms with van der Waals surface area (Å²) in [6, 6.07) is 0. The maximum atomic E-state index is 6.05. The minimum atomic E-state index is -2.14. The zero-order valence-electron chi connectivity index (χ0n) is 9.38.